The minimum Gasteiger partial charge on any atom is -0.341 e. The number of benzene rings is 1. The average Bonchev–Trinajstić information content (AvgIpc) is 2.62. The van der Waals surface area contributed by atoms with Gasteiger partial charge in [-0.25, -0.2) is 9.97 Å². The monoisotopic (exact) mass is 369 g/mol. The number of carbonyl (C=O) groups excluding carboxylic acids is 1. The van der Waals surface area contributed by atoms with E-state index in [1.807, 2.05) is 26.8 Å². The number of aryl methyl sites for hydroxylation is 3. The molecule has 1 aromatic heterocycles. The number of anilines is 2. The number of carbonyl (C=O) groups is 1. The van der Waals surface area contributed by atoms with Gasteiger partial charge < -0.3 is 10.2 Å². The van der Waals surface area contributed by atoms with Gasteiger partial charge in [0.15, 0.2) is 0 Å². The number of rotatable bonds is 4. The predicted octanol–water partition coefficient (Wildman–Crippen LogP) is 3.17. The standard InChI is InChI=1S/C19H23N5O3/c1-12-4-5-16(24(26)27)11-17(12)22-18(25)15-6-8-23(9-7-15)19-20-13(2)10-14(3)21-19/h4-5,10-11,15H,6-9H2,1-3H3,(H,22,25). The van der Waals surface area contributed by atoms with Crippen LogP contribution in [0.15, 0.2) is 24.3 Å². The highest BCUT2D eigenvalue weighted by Gasteiger charge is 2.27. The second-order valence-electron chi connectivity index (χ2n) is 6.96. The van der Waals surface area contributed by atoms with Crippen molar-refractivity contribution in [2.75, 3.05) is 23.3 Å². The Labute approximate surface area is 157 Å². The molecule has 142 valence electrons. The lowest BCUT2D eigenvalue weighted by Crippen LogP contribution is -2.39. The van der Waals surface area contributed by atoms with E-state index in [-0.39, 0.29) is 17.5 Å². The van der Waals surface area contributed by atoms with Crippen LogP contribution in [-0.2, 0) is 4.79 Å². The number of hydrogen-bond acceptors (Lipinski definition) is 6. The van der Waals surface area contributed by atoms with Crippen molar-refractivity contribution in [3.63, 3.8) is 0 Å². The number of piperidine rings is 1. The van der Waals surface area contributed by atoms with Crippen molar-refractivity contribution >= 4 is 23.2 Å². The normalized spacial score (nSPS) is 14.9. The lowest BCUT2D eigenvalue weighted by atomic mass is 9.96. The Balaban J connectivity index is 1.63. The van der Waals surface area contributed by atoms with Crippen LogP contribution in [0, 0.1) is 36.8 Å². The summed E-state index contributed by atoms with van der Waals surface area (Å²) >= 11 is 0. The molecule has 2 aromatic rings. The van der Waals surface area contributed by atoms with Gasteiger partial charge in [-0.1, -0.05) is 6.07 Å². The van der Waals surface area contributed by atoms with Gasteiger partial charge in [0.2, 0.25) is 11.9 Å². The van der Waals surface area contributed by atoms with Gasteiger partial charge in [0.25, 0.3) is 5.69 Å². The Kier molecular flexibility index (Phi) is 5.34. The molecule has 1 aromatic carbocycles. The summed E-state index contributed by atoms with van der Waals surface area (Å²) in [4.78, 5) is 34.2. The van der Waals surface area contributed by atoms with E-state index in [1.165, 1.54) is 12.1 Å². The second-order valence-corrected chi connectivity index (χ2v) is 6.96. The van der Waals surface area contributed by atoms with Gasteiger partial charge in [-0.2, -0.15) is 0 Å². The highest BCUT2D eigenvalue weighted by atomic mass is 16.6. The molecule has 1 amide bonds. The molecule has 0 aliphatic carbocycles. The van der Waals surface area contributed by atoms with E-state index in [2.05, 4.69) is 20.2 Å². The zero-order valence-corrected chi connectivity index (χ0v) is 15.7. The lowest BCUT2D eigenvalue weighted by Gasteiger charge is -2.31. The fourth-order valence-electron chi connectivity index (χ4n) is 3.28. The largest absolute Gasteiger partial charge is 0.341 e. The van der Waals surface area contributed by atoms with Gasteiger partial charge in [0, 0.05) is 42.5 Å². The lowest BCUT2D eigenvalue weighted by molar-refractivity contribution is -0.384. The molecule has 0 radical (unpaired) electrons. The molecule has 0 bridgehead atoms. The summed E-state index contributed by atoms with van der Waals surface area (Å²) in [5.74, 6) is 0.478. The van der Waals surface area contributed by atoms with Crippen LogP contribution < -0.4 is 10.2 Å². The Morgan fingerprint density at radius 1 is 1.15 bits per heavy atom. The van der Waals surface area contributed by atoms with Crippen molar-refractivity contribution in [3.8, 4) is 0 Å². The Morgan fingerprint density at radius 2 is 1.78 bits per heavy atom. The molecule has 0 saturated carbocycles. The van der Waals surface area contributed by atoms with Crippen molar-refractivity contribution in [2.24, 2.45) is 5.92 Å². The van der Waals surface area contributed by atoms with Crippen molar-refractivity contribution in [1.29, 1.82) is 0 Å². The van der Waals surface area contributed by atoms with Gasteiger partial charge in [-0.15, -0.1) is 0 Å². The molecule has 1 saturated heterocycles. The first kappa shape index (κ1) is 18.8. The molecule has 0 spiro atoms. The van der Waals surface area contributed by atoms with Gasteiger partial charge in [0.05, 0.1) is 10.6 Å². The summed E-state index contributed by atoms with van der Waals surface area (Å²) in [5, 5.41) is 13.8. The van der Waals surface area contributed by atoms with Crippen LogP contribution in [0.5, 0.6) is 0 Å². The second kappa shape index (κ2) is 7.69. The molecule has 8 heteroatoms. The molecule has 27 heavy (non-hydrogen) atoms. The van der Waals surface area contributed by atoms with E-state index in [1.54, 1.807) is 6.07 Å². The molecular formula is C19H23N5O3. The molecule has 0 atom stereocenters. The topological polar surface area (TPSA) is 101 Å². The zero-order chi connectivity index (χ0) is 19.6. The minimum atomic E-state index is -0.461. The Hall–Kier alpha value is -3.03. The molecular weight excluding hydrogens is 346 g/mol. The number of nitro groups is 1. The van der Waals surface area contributed by atoms with Crippen molar-refractivity contribution in [3.05, 3.63) is 51.3 Å². The number of nitro benzene ring substituents is 1. The summed E-state index contributed by atoms with van der Waals surface area (Å²) in [6.45, 7) is 7.11. The summed E-state index contributed by atoms with van der Waals surface area (Å²) in [5.41, 5.74) is 3.12. The van der Waals surface area contributed by atoms with Gasteiger partial charge in [-0.05, 0) is 45.2 Å². The smallest absolute Gasteiger partial charge is 0.271 e. The van der Waals surface area contributed by atoms with Crippen molar-refractivity contribution < 1.29 is 9.72 Å². The highest BCUT2D eigenvalue weighted by molar-refractivity contribution is 5.93. The van der Waals surface area contributed by atoms with Gasteiger partial charge in [-0.3, -0.25) is 14.9 Å². The summed E-state index contributed by atoms with van der Waals surface area (Å²) in [6.07, 6.45) is 1.38. The first-order valence-electron chi connectivity index (χ1n) is 8.96. The number of nitrogens with one attached hydrogen (secondary N) is 1. The van der Waals surface area contributed by atoms with Crippen molar-refractivity contribution in [2.45, 2.75) is 33.6 Å². The van der Waals surface area contributed by atoms with Crippen LogP contribution in [0.4, 0.5) is 17.3 Å². The minimum absolute atomic E-state index is 0.0299. The van der Waals surface area contributed by atoms with Crippen LogP contribution >= 0.6 is 0 Å². The molecule has 1 N–H and O–H groups in total. The fraction of sp³-hybridized carbons (Fsp3) is 0.421. The number of nitrogens with zero attached hydrogens (tertiary/aromatic N) is 4. The van der Waals surface area contributed by atoms with Crippen LogP contribution in [0.2, 0.25) is 0 Å². The molecule has 1 aliphatic heterocycles. The van der Waals surface area contributed by atoms with Crippen LogP contribution in [0.25, 0.3) is 0 Å². The van der Waals surface area contributed by atoms with Crippen LogP contribution in [0.1, 0.15) is 29.8 Å². The number of non-ortho nitro benzene ring substituents is 1. The highest BCUT2D eigenvalue weighted by Crippen LogP contribution is 2.25. The van der Waals surface area contributed by atoms with Crippen molar-refractivity contribution in [1.82, 2.24) is 9.97 Å². The summed E-state index contributed by atoms with van der Waals surface area (Å²) in [7, 11) is 0. The van der Waals surface area contributed by atoms with Gasteiger partial charge in [0.1, 0.15) is 0 Å². The summed E-state index contributed by atoms with van der Waals surface area (Å²) < 4.78 is 0. The third kappa shape index (κ3) is 4.39. The zero-order valence-electron chi connectivity index (χ0n) is 15.7. The molecule has 8 nitrogen and oxygen atoms in total. The van der Waals surface area contributed by atoms with Gasteiger partial charge >= 0.3 is 0 Å². The number of hydrogen-bond donors (Lipinski definition) is 1. The molecule has 1 fully saturated rings. The predicted molar refractivity (Wildman–Crippen MR) is 103 cm³/mol. The third-order valence-electron chi connectivity index (χ3n) is 4.81. The van der Waals surface area contributed by atoms with E-state index in [4.69, 9.17) is 0 Å². The van der Waals surface area contributed by atoms with E-state index >= 15 is 0 Å². The van der Waals surface area contributed by atoms with Crippen LogP contribution in [-0.4, -0.2) is 33.9 Å². The summed E-state index contributed by atoms with van der Waals surface area (Å²) in [6, 6.07) is 6.43. The quantitative estimate of drug-likeness (QED) is 0.656. The Bertz CT molecular complexity index is 855. The molecule has 2 heterocycles. The van der Waals surface area contributed by atoms with E-state index in [0.29, 0.717) is 37.6 Å². The molecule has 1 aliphatic rings. The maximum Gasteiger partial charge on any atom is 0.271 e. The SMILES string of the molecule is Cc1cc(C)nc(N2CCC(C(=O)Nc3cc([N+](=O)[O-])ccc3C)CC2)n1. The maximum atomic E-state index is 12.6. The average molecular weight is 369 g/mol. The number of amides is 1. The number of aromatic nitrogens is 2. The van der Waals surface area contributed by atoms with E-state index in [9.17, 15) is 14.9 Å². The fourth-order valence-corrected chi connectivity index (χ4v) is 3.28. The maximum absolute atomic E-state index is 12.6. The molecule has 3 rings (SSSR count). The Morgan fingerprint density at radius 3 is 2.37 bits per heavy atom. The first-order valence-corrected chi connectivity index (χ1v) is 8.96. The van der Waals surface area contributed by atoms with Crippen LogP contribution in [0.3, 0.4) is 0 Å². The van der Waals surface area contributed by atoms with E-state index < -0.39 is 4.92 Å². The van der Waals surface area contributed by atoms with E-state index in [0.717, 1.165) is 17.0 Å². The third-order valence-corrected chi connectivity index (χ3v) is 4.81. The first-order chi connectivity index (χ1) is 12.8. The molecule has 0 unspecified atom stereocenters.